The van der Waals surface area contributed by atoms with Crippen LogP contribution in [0.1, 0.15) is 13.3 Å². The highest BCUT2D eigenvalue weighted by molar-refractivity contribution is 6.41. The van der Waals surface area contributed by atoms with Gasteiger partial charge < -0.3 is 15.7 Å². The Hall–Kier alpha value is -1.73. The van der Waals surface area contributed by atoms with Gasteiger partial charge in [0.2, 0.25) is 0 Å². The average Bonchev–Trinajstić information content (AvgIpc) is 2.35. The van der Waals surface area contributed by atoms with E-state index in [0.29, 0.717) is 12.1 Å². The van der Waals surface area contributed by atoms with Gasteiger partial charge in [-0.25, -0.2) is 8.78 Å². The van der Waals surface area contributed by atoms with E-state index >= 15 is 0 Å². The van der Waals surface area contributed by atoms with Gasteiger partial charge in [0.25, 0.3) is 0 Å². The Labute approximate surface area is 118 Å². The number of hydrogen-bond donors (Lipinski definition) is 3. The summed E-state index contributed by atoms with van der Waals surface area (Å²) < 4.78 is 25.8. The second kappa shape index (κ2) is 7.16. The molecule has 5 nitrogen and oxygen atoms in total. The fourth-order valence-corrected chi connectivity index (χ4v) is 1.55. The highest BCUT2D eigenvalue weighted by atomic mass is 35.5. The second-order valence-electron chi connectivity index (χ2n) is 4.09. The number of benzene rings is 1. The summed E-state index contributed by atoms with van der Waals surface area (Å²) in [5.41, 5.74) is -0.208. The van der Waals surface area contributed by atoms with E-state index in [0.717, 1.165) is 0 Å². The van der Waals surface area contributed by atoms with E-state index in [1.54, 1.807) is 6.92 Å². The van der Waals surface area contributed by atoms with E-state index in [2.05, 4.69) is 10.6 Å². The molecule has 3 N–H and O–H groups in total. The zero-order chi connectivity index (χ0) is 15.3. The number of carbonyl (C=O) groups is 2. The Morgan fingerprint density at radius 1 is 1.30 bits per heavy atom. The number of aliphatic hydroxyl groups is 1. The summed E-state index contributed by atoms with van der Waals surface area (Å²) in [7, 11) is 0. The smallest absolute Gasteiger partial charge is 0.313 e. The average molecular weight is 307 g/mol. The number of carbonyl (C=O) groups excluding carboxylic acids is 2. The van der Waals surface area contributed by atoms with E-state index in [1.807, 2.05) is 0 Å². The Kier molecular flexibility index (Phi) is 5.84. The standard InChI is InChI=1S/C12H13ClF2N2O3/c1-6(2-3-18)16-11(19)12(20)17-10-5-9(15)8(14)4-7(10)13/h4-6,18H,2-3H2,1H3,(H,16,19)(H,17,20)/t6-/m1/s1. The highest BCUT2D eigenvalue weighted by Gasteiger charge is 2.18. The van der Waals surface area contributed by atoms with E-state index in [1.165, 1.54) is 0 Å². The number of amides is 2. The first-order chi connectivity index (χ1) is 9.35. The molecule has 1 atom stereocenters. The molecule has 0 saturated carbocycles. The van der Waals surface area contributed by atoms with Crippen LogP contribution in [0.2, 0.25) is 5.02 Å². The Balaban J connectivity index is 2.71. The van der Waals surface area contributed by atoms with E-state index < -0.39 is 29.5 Å². The summed E-state index contributed by atoms with van der Waals surface area (Å²) in [6.45, 7) is 1.46. The summed E-state index contributed by atoms with van der Waals surface area (Å²) in [5, 5.41) is 12.8. The Morgan fingerprint density at radius 2 is 1.90 bits per heavy atom. The van der Waals surface area contributed by atoms with Crippen molar-refractivity contribution in [3.63, 3.8) is 0 Å². The van der Waals surface area contributed by atoms with Crippen LogP contribution < -0.4 is 10.6 Å². The molecule has 20 heavy (non-hydrogen) atoms. The highest BCUT2D eigenvalue weighted by Crippen LogP contribution is 2.24. The van der Waals surface area contributed by atoms with E-state index in [-0.39, 0.29) is 23.7 Å². The van der Waals surface area contributed by atoms with E-state index in [9.17, 15) is 18.4 Å². The first kappa shape index (κ1) is 16.3. The maximum atomic E-state index is 13.0. The van der Waals surface area contributed by atoms with Crippen molar-refractivity contribution in [1.29, 1.82) is 0 Å². The predicted octanol–water partition coefficient (Wildman–Crippen LogP) is 1.44. The lowest BCUT2D eigenvalue weighted by atomic mass is 10.2. The van der Waals surface area contributed by atoms with Crippen LogP contribution in [0.4, 0.5) is 14.5 Å². The minimum Gasteiger partial charge on any atom is -0.396 e. The van der Waals surface area contributed by atoms with Crippen LogP contribution in [0.5, 0.6) is 0 Å². The second-order valence-corrected chi connectivity index (χ2v) is 4.49. The quantitative estimate of drug-likeness (QED) is 0.582. The van der Waals surface area contributed by atoms with Gasteiger partial charge in [-0.1, -0.05) is 11.6 Å². The molecule has 8 heteroatoms. The van der Waals surface area contributed by atoms with Crippen molar-refractivity contribution in [2.75, 3.05) is 11.9 Å². The molecule has 0 aromatic heterocycles. The van der Waals surface area contributed by atoms with Crippen LogP contribution in [0.25, 0.3) is 0 Å². The summed E-state index contributed by atoms with van der Waals surface area (Å²) in [4.78, 5) is 23.0. The molecule has 0 aliphatic carbocycles. The zero-order valence-electron chi connectivity index (χ0n) is 10.5. The normalized spacial score (nSPS) is 11.8. The van der Waals surface area contributed by atoms with Crippen molar-refractivity contribution in [3.8, 4) is 0 Å². The SMILES string of the molecule is C[C@H](CCO)NC(=O)C(=O)Nc1cc(F)c(F)cc1Cl. The molecule has 1 aromatic carbocycles. The van der Waals surface area contributed by atoms with Crippen LogP contribution in [-0.4, -0.2) is 29.6 Å². The molecular formula is C12H13ClF2N2O3. The molecule has 0 spiro atoms. The molecule has 0 saturated heterocycles. The number of rotatable bonds is 4. The van der Waals surface area contributed by atoms with Crippen LogP contribution in [0.3, 0.4) is 0 Å². The van der Waals surface area contributed by atoms with Crippen LogP contribution in [0.15, 0.2) is 12.1 Å². The molecule has 1 rings (SSSR count). The number of anilines is 1. The van der Waals surface area contributed by atoms with Crippen molar-refractivity contribution < 1.29 is 23.5 Å². The molecule has 0 unspecified atom stereocenters. The molecule has 2 amide bonds. The van der Waals surface area contributed by atoms with Crippen LogP contribution in [-0.2, 0) is 9.59 Å². The monoisotopic (exact) mass is 306 g/mol. The van der Waals surface area contributed by atoms with Gasteiger partial charge in [0, 0.05) is 18.7 Å². The van der Waals surface area contributed by atoms with Crippen molar-refractivity contribution in [2.45, 2.75) is 19.4 Å². The molecule has 110 valence electrons. The topological polar surface area (TPSA) is 78.4 Å². The van der Waals surface area contributed by atoms with Gasteiger partial charge in [0.15, 0.2) is 11.6 Å². The fraction of sp³-hybridized carbons (Fsp3) is 0.333. The number of halogens is 3. The van der Waals surface area contributed by atoms with Gasteiger partial charge in [-0.15, -0.1) is 0 Å². The number of nitrogens with one attached hydrogen (secondary N) is 2. The summed E-state index contributed by atoms with van der Waals surface area (Å²) in [6.07, 6.45) is 0.283. The summed E-state index contributed by atoms with van der Waals surface area (Å²) in [5.74, 6) is -4.39. The third-order valence-corrected chi connectivity index (χ3v) is 2.72. The lowest BCUT2D eigenvalue weighted by molar-refractivity contribution is -0.136. The lowest BCUT2D eigenvalue weighted by Gasteiger charge is -2.12. The minimum absolute atomic E-state index is 0.141. The largest absolute Gasteiger partial charge is 0.396 e. The molecule has 0 aliphatic heterocycles. The fourth-order valence-electron chi connectivity index (χ4n) is 1.35. The maximum absolute atomic E-state index is 13.0. The molecule has 0 bridgehead atoms. The minimum atomic E-state index is -1.20. The van der Waals surface area contributed by atoms with Crippen molar-refractivity contribution >= 4 is 29.1 Å². The molecule has 0 heterocycles. The van der Waals surface area contributed by atoms with Gasteiger partial charge in [-0.3, -0.25) is 9.59 Å². The van der Waals surface area contributed by atoms with Crippen molar-refractivity contribution in [3.05, 3.63) is 28.8 Å². The van der Waals surface area contributed by atoms with Crippen molar-refractivity contribution in [1.82, 2.24) is 5.32 Å². The summed E-state index contributed by atoms with van der Waals surface area (Å²) >= 11 is 5.62. The zero-order valence-corrected chi connectivity index (χ0v) is 11.3. The van der Waals surface area contributed by atoms with E-state index in [4.69, 9.17) is 16.7 Å². The number of aliphatic hydroxyl groups excluding tert-OH is 1. The lowest BCUT2D eigenvalue weighted by Crippen LogP contribution is -2.40. The van der Waals surface area contributed by atoms with Gasteiger partial charge >= 0.3 is 11.8 Å². The third kappa shape index (κ3) is 4.43. The molecule has 1 aromatic rings. The molecule has 0 fully saturated rings. The first-order valence-electron chi connectivity index (χ1n) is 5.72. The predicted molar refractivity (Wildman–Crippen MR) is 69.3 cm³/mol. The Bertz CT molecular complexity index is 526. The van der Waals surface area contributed by atoms with Crippen molar-refractivity contribution in [2.24, 2.45) is 0 Å². The number of hydrogen-bond acceptors (Lipinski definition) is 3. The molecule has 0 radical (unpaired) electrons. The van der Waals surface area contributed by atoms with Gasteiger partial charge in [-0.05, 0) is 19.4 Å². The first-order valence-corrected chi connectivity index (χ1v) is 6.10. The van der Waals surface area contributed by atoms with Crippen LogP contribution in [0, 0.1) is 11.6 Å². The molecular weight excluding hydrogens is 294 g/mol. The third-order valence-electron chi connectivity index (χ3n) is 2.40. The Morgan fingerprint density at radius 3 is 2.50 bits per heavy atom. The van der Waals surface area contributed by atoms with Crippen LogP contribution >= 0.6 is 11.6 Å². The maximum Gasteiger partial charge on any atom is 0.313 e. The van der Waals surface area contributed by atoms with Gasteiger partial charge in [0.1, 0.15) is 0 Å². The summed E-state index contributed by atoms with van der Waals surface area (Å²) in [6, 6.07) is 0.970. The molecule has 0 aliphatic rings. The van der Waals surface area contributed by atoms with Gasteiger partial charge in [0.05, 0.1) is 10.7 Å². The van der Waals surface area contributed by atoms with Gasteiger partial charge in [-0.2, -0.15) is 0 Å².